The summed E-state index contributed by atoms with van der Waals surface area (Å²) in [6.45, 7) is 0. The van der Waals surface area contributed by atoms with Crippen molar-refractivity contribution in [1.82, 2.24) is 9.36 Å². The van der Waals surface area contributed by atoms with Gasteiger partial charge >= 0.3 is 5.63 Å². The largest absolute Gasteiger partial charge is 0.447 e. The molecule has 0 unspecified atom stereocenters. The molecular formula is C16H8IN3O4S. The van der Waals surface area contributed by atoms with E-state index in [1.54, 1.807) is 36.4 Å². The number of halogens is 1. The lowest BCUT2D eigenvalue weighted by Crippen LogP contribution is -2.20. The molecular weight excluding hydrogens is 457 g/mol. The first-order chi connectivity index (χ1) is 12.1. The molecule has 0 aliphatic rings. The number of carbonyl (C=O) groups is 1. The van der Waals surface area contributed by atoms with Gasteiger partial charge in [0.15, 0.2) is 9.53 Å². The summed E-state index contributed by atoms with van der Waals surface area (Å²) in [5.41, 5.74) is -0.376. The van der Waals surface area contributed by atoms with E-state index in [4.69, 9.17) is 8.83 Å². The molecule has 3 heterocycles. The number of benzene rings is 1. The molecule has 4 rings (SSSR count). The van der Waals surface area contributed by atoms with Crippen LogP contribution in [0.15, 0.2) is 56.1 Å². The first kappa shape index (κ1) is 16.0. The van der Waals surface area contributed by atoms with Crippen molar-refractivity contribution >= 4 is 56.1 Å². The SMILES string of the molecule is O=C(Nc1nc(-c2ccc(I)o2)ns1)c1cc2ccccc2oc1=O. The number of nitrogens with zero attached hydrogens (tertiary/aromatic N) is 2. The van der Waals surface area contributed by atoms with E-state index in [1.807, 2.05) is 22.6 Å². The van der Waals surface area contributed by atoms with E-state index in [0.29, 0.717) is 26.3 Å². The fraction of sp³-hybridized carbons (Fsp3) is 0. The highest BCUT2D eigenvalue weighted by molar-refractivity contribution is 14.1. The normalized spacial score (nSPS) is 10.9. The number of rotatable bonds is 3. The Hall–Kier alpha value is -2.53. The van der Waals surface area contributed by atoms with Gasteiger partial charge in [-0.15, -0.1) is 0 Å². The number of fused-ring (bicyclic) bond motifs is 1. The molecule has 0 aliphatic heterocycles. The lowest BCUT2D eigenvalue weighted by molar-refractivity contribution is 0.102. The van der Waals surface area contributed by atoms with Crippen LogP contribution in [0, 0.1) is 3.77 Å². The van der Waals surface area contributed by atoms with Gasteiger partial charge in [0.05, 0.1) is 0 Å². The minimum absolute atomic E-state index is 0.0944. The fourth-order valence-electron chi connectivity index (χ4n) is 2.19. The molecule has 0 saturated carbocycles. The van der Waals surface area contributed by atoms with Crippen molar-refractivity contribution in [3.8, 4) is 11.6 Å². The summed E-state index contributed by atoms with van der Waals surface area (Å²) >= 11 is 3.04. The smallest absolute Gasteiger partial charge is 0.349 e. The third-order valence-corrected chi connectivity index (χ3v) is 4.54. The third kappa shape index (κ3) is 3.20. The fourth-order valence-corrected chi connectivity index (χ4v) is 3.18. The van der Waals surface area contributed by atoms with Crippen molar-refractivity contribution in [3.63, 3.8) is 0 Å². The molecule has 4 aromatic rings. The van der Waals surface area contributed by atoms with Gasteiger partial charge in [0.25, 0.3) is 5.91 Å². The molecule has 0 fully saturated rings. The van der Waals surface area contributed by atoms with Gasteiger partial charge in [0.2, 0.25) is 11.0 Å². The van der Waals surface area contributed by atoms with Crippen LogP contribution in [0.25, 0.3) is 22.6 Å². The number of anilines is 1. The quantitative estimate of drug-likeness (QED) is 0.366. The predicted molar refractivity (Wildman–Crippen MR) is 101 cm³/mol. The van der Waals surface area contributed by atoms with E-state index in [2.05, 4.69) is 14.7 Å². The summed E-state index contributed by atoms with van der Waals surface area (Å²) in [6.07, 6.45) is 0. The van der Waals surface area contributed by atoms with Crippen LogP contribution >= 0.6 is 34.1 Å². The van der Waals surface area contributed by atoms with E-state index < -0.39 is 11.5 Å². The molecule has 0 saturated heterocycles. The second-order valence-electron chi connectivity index (χ2n) is 4.97. The summed E-state index contributed by atoms with van der Waals surface area (Å²) in [5, 5.41) is 3.49. The molecule has 0 aliphatic carbocycles. The number of para-hydroxylation sites is 1. The second-order valence-corrected chi connectivity index (χ2v) is 6.78. The lowest BCUT2D eigenvalue weighted by Gasteiger charge is -2.01. The Balaban J connectivity index is 1.61. The van der Waals surface area contributed by atoms with Crippen LogP contribution in [0.1, 0.15) is 10.4 Å². The number of carbonyl (C=O) groups excluding carboxylic acids is 1. The number of hydrogen-bond donors (Lipinski definition) is 1. The van der Waals surface area contributed by atoms with Crippen LogP contribution < -0.4 is 10.9 Å². The van der Waals surface area contributed by atoms with Crippen LogP contribution in [0.3, 0.4) is 0 Å². The standard InChI is InChI=1S/C16H8IN3O4S/c17-12-6-5-11(23-12)13-18-16(25-20-13)19-14(21)9-7-8-3-1-2-4-10(8)24-15(9)22/h1-7H,(H,18,19,20,21). The number of hydrogen-bond acceptors (Lipinski definition) is 7. The average Bonchev–Trinajstić information content (AvgIpc) is 3.23. The maximum absolute atomic E-state index is 12.4. The van der Waals surface area contributed by atoms with Crippen LogP contribution in [0.5, 0.6) is 0 Å². The first-order valence-corrected chi connectivity index (χ1v) is 8.89. The Bertz CT molecular complexity index is 1150. The summed E-state index contributed by atoms with van der Waals surface area (Å²) in [5.74, 6) is 0.274. The maximum atomic E-state index is 12.4. The van der Waals surface area contributed by atoms with Gasteiger partial charge in [-0.05, 0) is 46.9 Å². The molecule has 25 heavy (non-hydrogen) atoms. The van der Waals surface area contributed by atoms with E-state index in [-0.39, 0.29) is 10.7 Å². The van der Waals surface area contributed by atoms with Gasteiger partial charge in [-0.2, -0.15) is 9.36 Å². The van der Waals surface area contributed by atoms with Crippen molar-refractivity contribution in [2.75, 3.05) is 5.32 Å². The molecule has 3 aromatic heterocycles. The number of amides is 1. The molecule has 1 aromatic carbocycles. The molecule has 1 N–H and O–H groups in total. The van der Waals surface area contributed by atoms with E-state index in [1.165, 1.54) is 6.07 Å². The average molecular weight is 465 g/mol. The van der Waals surface area contributed by atoms with Crippen molar-refractivity contribution < 1.29 is 13.6 Å². The molecule has 9 heteroatoms. The van der Waals surface area contributed by atoms with Crippen molar-refractivity contribution in [1.29, 1.82) is 0 Å². The van der Waals surface area contributed by atoms with Crippen molar-refractivity contribution in [3.05, 3.63) is 62.2 Å². The van der Waals surface area contributed by atoms with E-state index in [9.17, 15) is 9.59 Å². The Morgan fingerprint density at radius 2 is 2.00 bits per heavy atom. The molecule has 7 nitrogen and oxygen atoms in total. The van der Waals surface area contributed by atoms with Crippen molar-refractivity contribution in [2.24, 2.45) is 0 Å². The third-order valence-electron chi connectivity index (χ3n) is 3.33. The molecule has 124 valence electrons. The molecule has 0 spiro atoms. The van der Waals surface area contributed by atoms with Crippen LogP contribution in [0.2, 0.25) is 0 Å². The lowest BCUT2D eigenvalue weighted by atomic mass is 10.2. The molecule has 0 bridgehead atoms. The van der Waals surface area contributed by atoms with Crippen molar-refractivity contribution in [2.45, 2.75) is 0 Å². The van der Waals surface area contributed by atoms with Gasteiger partial charge in [-0.3, -0.25) is 10.1 Å². The molecule has 0 atom stereocenters. The zero-order valence-electron chi connectivity index (χ0n) is 12.4. The number of furan rings is 1. The zero-order chi connectivity index (χ0) is 17.4. The summed E-state index contributed by atoms with van der Waals surface area (Å²) in [7, 11) is 0. The summed E-state index contributed by atoms with van der Waals surface area (Å²) in [4.78, 5) is 28.6. The first-order valence-electron chi connectivity index (χ1n) is 7.04. The Morgan fingerprint density at radius 1 is 1.16 bits per heavy atom. The predicted octanol–water partition coefficient (Wildman–Crippen LogP) is 3.76. The molecule has 1 amide bonds. The highest BCUT2D eigenvalue weighted by Gasteiger charge is 2.17. The Labute approximate surface area is 158 Å². The van der Waals surface area contributed by atoms with Gasteiger partial charge in [0, 0.05) is 16.9 Å². The molecule has 0 radical (unpaired) electrons. The minimum atomic E-state index is -0.707. The van der Waals surface area contributed by atoms with Crippen LogP contribution in [0.4, 0.5) is 5.13 Å². The minimum Gasteiger partial charge on any atom is -0.447 e. The van der Waals surface area contributed by atoms with E-state index in [0.717, 1.165) is 11.5 Å². The van der Waals surface area contributed by atoms with Gasteiger partial charge in [-0.25, -0.2) is 4.79 Å². The van der Waals surface area contributed by atoms with Gasteiger partial charge < -0.3 is 8.83 Å². The zero-order valence-corrected chi connectivity index (χ0v) is 15.3. The number of aromatic nitrogens is 2. The Kier molecular flexibility index (Phi) is 4.09. The second kappa shape index (κ2) is 6.41. The Morgan fingerprint density at radius 3 is 2.80 bits per heavy atom. The number of nitrogens with one attached hydrogen (secondary N) is 1. The summed E-state index contributed by atoms with van der Waals surface area (Å²) < 4.78 is 15.4. The van der Waals surface area contributed by atoms with Crippen LogP contribution in [-0.4, -0.2) is 15.3 Å². The van der Waals surface area contributed by atoms with Gasteiger partial charge in [0.1, 0.15) is 11.1 Å². The monoisotopic (exact) mass is 465 g/mol. The topological polar surface area (TPSA) is 98.2 Å². The maximum Gasteiger partial charge on any atom is 0.349 e. The van der Waals surface area contributed by atoms with Crippen LogP contribution in [-0.2, 0) is 0 Å². The summed E-state index contributed by atoms with van der Waals surface area (Å²) in [6, 6.07) is 12.0. The highest BCUT2D eigenvalue weighted by Crippen LogP contribution is 2.24. The highest BCUT2D eigenvalue weighted by atomic mass is 127. The van der Waals surface area contributed by atoms with Gasteiger partial charge in [-0.1, -0.05) is 18.2 Å². The van der Waals surface area contributed by atoms with E-state index >= 15 is 0 Å².